The van der Waals surface area contributed by atoms with Gasteiger partial charge in [-0.3, -0.25) is 9.79 Å². The highest BCUT2D eigenvalue weighted by Gasteiger charge is 2.30. The second kappa shape index (κ2) is 8.10. The number of amidine groups is 1. The third-order valence-electron chi connectivity index (χ3n) is 4.68. The first kappa shape index (κ1) is 20.0. The highest BCUT2D eigenvalue weighted by atomic mass is 32.2. The first-order valence-electron chi connectivity index (χ1n) is 8.68. The Morgan fingerprint density at radius 2 is 2.07 bits per heavy atom. The van der Waals surface area contributed by atoms with Crippen molar-refractivity contribution < 1.29 is 18.7 Å². The fraction of sp³-hybridized carbons (Fsp3) is 0.300. The summed E-state index contributed by atoms with van der Waals surface area (Å²) in [5.74, 6) is 0.490. The van der Waals surface area contributed by atoms with E-state index in [0.717, 1.165) is 17.7 Å². The summed E-state index contributed by atoms with van der Waals surface area (Å²) in [4.78, 5) is 17.3. The molecule has 0 saturated heterocycles. The number of carbonyl (C=O) groups is 1. The van der Waals surface area contributed by atoms with Crippen molar-refractivity contribution in [3.8, 4) is 11.5 Å². The predicted molar refractivity (Wildman–Crippen MR) is 110 cm³/mol. The molecule has 0 aliphatic carbocycles. The molecular formula is C20H22FN3O3S. The van der Waals surface area contributed by atoms with Crippen LogP contribution in [0.1, 0.15) is 29.3 Å². The highest BCUT2D eigenvalue weighted by Crippen LogP contribution is 2.37. The van der Waals surface area contributed by atoms with Gasteiger partial charge in [0.15, 0.2) is 16.7 Å². The monoisotopic (exact) mass is 403 g/mol. The first-order valence-corrected chi connectivity index (χ1v) is 9.67. The van der Waals surface area contributed by atoms with Gasteiger partial charge < -0.3 is 20.5 Å². The molecule has 0 aromatic heterocycles. The molecule has 1 heterocycles. The van der Waals surface area contributed by atoms with Crippen molar-refractivity contribution in [2.75, 3.05) is 25.3 Å². The summed E-state index contributed by atoms with van der Waals surface area (Å²) in [5.41, 5.74) is 6.41. The normalized spacial score (nSPS) is 18.9. The lowest BCUT2D eigenvalue weighted by molar-refractivity contribution is 0.102. The number of thioether (sulfide) groups is 1. The van der Waals surface area contributed by atoms with E-state index in [2.05, 4.69) is 10.3 Å². The van der Waals surface area contributed by atoms with E-state index in [1.165, 1.54) is 32.0 Å². The smallest absolute Gasteiger partial charge is 0.259 e. The molecule has 0 bridgehead atoms. The maximum absolute atomic E-state index is 14.4. The zero-order chi connectivity index (χ0) is 20.3. The number of carbonyl (C=O) groups excluding carboxylic acids is 1. The van der Waals surface area contributed by atoms with Crippen molar-refractivity contribution >= 4 is 28.5 Å². The van der Waals surface area contributed by atoms with E-state index in [-0.39, 0.29) is 17.0 Å². The van der Waals surface area contributed by atoms with E-state index in [1.54, 1.807) is 30.3 Å². The molecule has 6 nitrogen and oxygen atoms in total. The number of rotatable bonds is 5. The molecule has 1 unspecified atom stereocenters. The molecule has 8 heteroatoms. The second-order valence-electron chi connectivity index (χ2n) is 6.51. The van der Waals surface area contributed by atoms with Crippen LogP contribution in [0.5, 0.6) is 11.5 Å². The zero-order valence-electron chi connectivity index (χ0n) is 15.9. The zero-order valence-corrected chi connectivity index (χ0v) is 16.7. The van der Waals surface area contributed by atoms with Crippen LogP contribution in [-0.2, 0) is 5.54 Å². The molecule has 0 fully saturated rings. The number of aliphatic imine (C=N–C) groups is 1. The standard InChI is InChI=1S/C20H22FN3O3S/c1-20(9-10-28-19(22)24-20)12-7-8-14(21)15(11-12)23-18(25)13-5-4-6-16(26-2)17(13)27-3/h4-8,11H,9-10H2,1-3H3,(H2,22,24)(H,23,25). The number of nitrogens with one attached hydrogen (secondary N) is 1. The van der Waals surface area contributed by atoms with Gasteiger partial charge in [0.2, 0.25) is 0 Å². The Hall–Kier alpha value is -2.74. The highest BCUT2D eigenvalue weighted by molar-refractivity contribution is 8.13. The third kappa shape index (κ3) is 3.91. The van der Waals surface area contributed by atoms with Gasteiger partial charge >= 0.3 is 0 Å². The number of anilines is 1. The summed E-state index contributed by atoms with van der Waals surface area (Å²) in [5, 5.41) is 3.13. The lowest BCUT2D eigenvalue weighted by Gasteiger charge is -2.30. The lowest BCUT2D eigenvalue weighted by atomic mass is 9.89. The summed E-state index contributed by atoms with van der Waals surface area (Å²) in [7, 11) is 2.93. The molecular weight excluding hydrogens is 381 g/mol. The third-order valence-corrected chi connectivity index (χ3v) is 5.48. The maximum atomic E-state index is 14.4. The van der Waals surface area contributed by atoms with Gasteiger partial charge in [0.25, 0.3) is 5.91 Å². The van der Waals surface area contributed by atoms with Crippen molar-refractivity contribution in [2.24, 2.45) is 10.7 Å². The first-order chi connectivity index (χ1) is 13.4. The molecule has 0 radical (unpaired) electrons. The Morgan fingerprint density at radius 3 is 2.75 bits per heavy atom. The number of methoxy groups -OCH3 is 2. The number of ether oxygens (including phenoxy) is 2. The van der Waals surface area contributed by atoms with Gasteiger partial charge in [0.1, 0.15) is 5.82 Å². The molecule has 1 aliphatic rings. The van der Waals surface area contributed by atoms with E-state index in [1.807, 2.05) is 6.92 Å². The second-order valence-corrected chi connectivity index (χ2v) is 7.63. The van der Waals surface area contributed by atoms with Gasteiger partial charge in [-0.1, -0.05) is 23.9 Å². The Morgan fingerprint density at radius 1 is 1.29 bits per heavy atom. The number of hydrogen-bond donors (Lipinski definition) is 2. The van der Waals surface area contributed by atoms with Crippen LogP contribution in [0.3, 0.4) is 0 Å². The van der Waals surface area contributed by atoms with Gasteiger partial charge in [-0.25, -0.2) is 4.39 Å². The van der Waals surface area contributed by atoms with Crippen molar-refractivity contribution in [2.45, 2.75) is 18.9 Å². The SMILES string of the molecule is COc1cccc(C(=O)Nc2cc(C3(C)CCSC(N)=N3)ccc2F)c1OC. The topological polar surface area (TPSA) is 85.9 Å². The largest absolute Gasteiger partial charge is 0.493 e. The molecule has 2 aromatic carbocycles. The van der Waals surface area contributed by atoms with Crippen molar-refractivity contribution in [1.82, 2.24) is 0 Å². The maximum Gasteiger partial charge on any atom is 0.259 e. The fourth-order valence-corrected chi connectivity index (χ4v) is 4.08. The molecule has 1 aliphatic heterocycles. The number of amides is 1. The number of nitrogens with two attached hydrogens (primary N) is 1. The molecule has 1 atom stereocenters. The molecule has 0 spiro atoms. The average molecular weight is 403 g/mol. The van der Waals surface area contributed by atoms with Gasteiger partial charge in [-0.15, -0.1) is 0 Å². The number of benzene rings is 2. The van der Waals surface area contributed by atoms with Crippen LogP contribution in [0.2, 0.25) is 0 Å². The molecule has 2 aromatic rings. The summed E-state index contributed by atoms with van der Waals surface area (Å²) in [6.07, 6.45) is 0.765. The van der Waals surface area contributed by atoms with E-state index in [0.29, 0.717) is 10.9 Å². The van der Waals surface area contributed by atoms with E-state index < -0.39 is 17.3 Å². The molecule has 0 saturated carbocycles. The number of halogens is 1. The molecule has 3 N–H and O–H groups in total. The minimum absolute atomic E-state index is 0.0700. The summed E-state index contributed by atoms with van der Waals surface area (Å²) in [6.45, 7) is 1.95. The molecule has 148 valence electrons. The van der Waals surface area contributed by atoms with Crippen LogP contribution in [0.4, 0.5) is 10.1 Å². The number of hydrogen-bond acceptors (Lipinski definition) is 6. The van der Waals surface area contributed by atoms with Crippen LogP contribution < -0.4 is 20.5 Å². The quantitative estimate of drug-likeness (QED) is 0.794. The van der Waals surface area contributed by atoms with Gasteiger partial charge in [0, 0.05) is 5.75 Å². The predicted octanol–water partition coefficient (Wildman–Crippen LogP) is 3.76. The van der Waals surface area contributed by atoms with E-state index in [4.69, 9.17) is 15.2 Å². The van der Waals surface area contributed by atoms with Gasteiger partial charge in [0.05, 0.1) is 31.0 Å². The molecule has 28 heavy (non-hydrogen) atoms. The van der Waals surface area contributed by atoms with Crippen LogP contribution in [-0.4, -0.2) is 31.0 Å². The molecule has 3 rings (SSSR count). The van der Waals surface area contributed by atoms with Crippen LogP contribution in [0, 0.1) is 5.82 Å². The van der Waals surface area contributed by atoms with Crippen LogP contribution in [0.15, 0.2) is 41.4 Å². The Bertz CT molecular complexity index is 935. The average Bonchev–Trinajstić information content (AvgIpc) is 2.68. The van der Waals surface area contributed by atoms with Crippen molar-refractivity contribution in [1.29, 1.82) is 0 Å². The minimum Gasteiger partial charge on any atom is -0.493 e. The Labute approximate surface area is 167 Å². The van der Waals surface area contributed by atoms with Gasteiger partial charge in [-0.05, 0) is 43.2 Å². The van der Waals surface area contributed by atoms with Crippen molar-refractivity contribution in [3.63, 3.8) is 0 Å². The Balaban J connectivity index is 1.93. The van der Waals surface area contributed by atoms with E-state index >= 15 is 0 Å². The number of para-hydroxylation sites is 1. The van der Waals surface area contributed by atoms with E-state index in [9.17, 15) is 9.18 Å². The molecule has 1 amide bonds. The fourth-order valence-electron chi connectivity index (χ4n) is 3.11. The van der Waals surface area contributed by atoms with Crippen LogP contribution in [0.25, 0.3) is 0 Å². The Kier molecular flexibility index (Phi) is 5.79. The summed E-state index contributed by atoms with van der Waals surface area (Å²) < 4.78 is 24.9. The van der Waals surface area contributed by atoms with Crippen LogP contribution >= 0.6 is 11.8 Å². The lowest BCUT2D eigenvalue weighted by Crippen LogP contribution is -2.29. The minimum atomic E-state index is -0.559. The van der Waals surface area contributed by atoms with Gasteiger partial charge in [-0.2, -0.15) is 0 Å². The number of nitrogens with zero attached hydrogens (tertiary/aromatic N) is 1. The summed E-state index contributed by atoms with van der Waals surface area (Å²) in [6, 6.07) is 9.54. The summed E-state index contributed by atoms with van der Waals surface area (Å²) >= 11 is 1.50. The van der Waals surface area contributed by atoms with Crippen molar-refractivity contribution in [3.05, 3.63) is 53.3 Å².